The van der Waals surface area contributed by atoms with E-state index in [2.05, 4.69) is 0 Å². The van der Waals surface area contributed by atoms with Gasteiger partial charge in [-0.1, -0.05) is 42.5 Å². The summed E-state index contributed by atoms with van der Waals surface area (Å²) >= 11 is 0. The summed E-state index contributed by atoms with van der Waals surface area (Å²) in [4.78, 5) is 0. The van der Waals surface area contributed by atoms with Crippen LogP contribution in [0.1, 0.15) is 0 Å². The van der Waals surface area contributed by atoms with Crippen molar-refractivity contribution in [3.05, 3.63) is 42.5 Å². The van der Waals surface area contributed by atoms with Crippen LogP contribution in [0.15, 0.2) is 42.5 Å². The minimum Gasteiger partial charge on any atom is -0.423 e. The van der Waals surface area contributed by atoms with E-state index in [1.165, 1.54) is 0 Å². The van der Waals surface area contributed by atoms with Crippen LogP contribution in [0.25, 0.3) is 10.8 Å². The molecule has 0 saturated heterocycles. The van der Waals surface area contributed by atoms with Crippen molar-refractivity contribution in [1.82, 2.24) is 0 Å². The molecule has 0 unspecified atom stereocenters. The van der Waals surface area contributed by atoms with Crippen LogP contribution >= 0.6 is 0 Å². The van der Waals surface area contributed by atoms with Crippen molar-refractivity contribution in [3.8, 4) is 0 Å². The third-order valence-electron chi connectivity index (χ3n) is 2.48. The summed E-state index contributed by atoms with van der Waals surface area (Å²) in [7, 11) is -0.908. The molecule has 0 aliphatic heterocycles. The zero-order valence-electron chi connectivity index (χ0n) is 8.97. The Labute approximate surface area is 95.0 Å². The number of rotatable bonds is 4. The van der Waals surface area contributed by atoms with E-state index >= 15 is 0 Å². The lowest BCUT2D eigenvalue weighted by Crippen LogP contribution is -2.35. The van der Waals surface area contributed by atoms with Crippen molar-refractivity contribution in [3.63, 3.8) is 0 Å². The van der Waals surface area contributed by atoms with Gasteiger partial charge in [0, 0.05) is 13.2 Å². The summed E-state index contributed by atoms with van der Waals surface area (Å²) in [6.07, 6.45) is 0. The molecule has 0 atom stereocenters. The fraction of sp³-hybridized carbons (Fsp3) is 0.167. The van der Waals surface area contributed by atoms with Crippen LogP contribution in [0.2, 0.25) is 0 Å². The van der Waals surface area contributed by atoms with Gasteiger partial charge in [0.15, 0.2) is 0 Å². The van der Waals surface area contributed by atoms with Crippen LogP contribution in [0, 0.1) is 0 Å². The number of hydrogen-bond acceptors (Lipinski definition) is 3. The average Bonchev–Trinajstić information content (AvgIpc) is 2.35. The summed E-state index contributed by atoms with van der Waals surface area (Å²) < 4.78 is 5.22. The summed E-state index contributed by atoms with van der Waals surface area (Å²) in [5.41, 5.74) is 6.12. The Balaban J connectivity index is 2.36. The van der Waals surface area contributed by atoms with Crippen molar-refractivity contribution in [2.45, 2.75) is 0 Å². The van der Waals surface area contributed by atoms with Gasteiger partial charge >= 0.3 is 7.12 Å². The first-order valence-corrected chi connectivity index (χ1v) is 5.30. The molecule has 16 heavy (non-hydrogen) atoms. The van der Waals surface area contributed by atoms with Crippen molar-refractivity contribution < 1.29 is 9.68 Å². The van der Waals surface area contributed by atoms with Crippen molar-refractivity contribution >= 4 is 23.4 Å². The van der Waals surface area contributed by atoms with Crippen LogP contribution in [-0.4, -0.2) is 25.3 Å². The zero-order valence-corrected chi connectivity index (χ0v) is 8.97. The van der Waals surface area contributed by atoms with Gasteiger partial charge in [0.05, 0.1) is 0 Å². The lowest BCUT2D eigenvalue weighted by molar-refractivity contribution is 0.279. The van der Waals surface area contributed by atoms with Gasteiger partial charge in [0.25, 0.3) is 0 Å². The highest BCUT2D eigenvalue weighted by Crippen LogP contribution is 2.11. The fourth-order valence-electron chi connectivity index (χ4n) is 1.74. The number of benzene rings is 2. The molecule has 2 aromatic rings. The maximum absolute atomic E-state index is 9.87. The smallest absolute Gasteiger partial charge is 0.423 e. The molecule has 0 bridgehead atoms. The van der Waals surface area contributed by atoms with E-state index < -0.39 is 7.12 Å². The number of nitrogens with two attached hydrogens (primary N) is 1. The minimum absolute atomic E-state index is 0.352. The lowest BCUT2D eigenvalue weighted by Gasteiger charge is -2.10. The van der Waals surface area contributed by atoms with E-state index in [1.807, 2.05) is 42.5 Å². The summed E-state index contributed by atoms with van der Waals surface area (Å²) in [6, 6.07) is 13.7. The quantitative estimate of drug-likeness (QED) is 0.730. The molecule has 3 nitrogen and oxygen atoms in total. The normalized spacial score (nSPS) is 10.6. The van der Waals surface area contributed by atoms with Gasteiger partial charge in [-0.05, 0) is 16.2 Å². The maximum atomic E-state index is 9.87. The standard InChI is InChI=1S/C12H14BNO2/c14-8-9-16-13(15)12-7-3-5-10-4-1-2-6-11(10)12/h1-7,15H,8-9,14H2. The molecule has 0 fully saturated rings. The van der Waals surface area contributed by atoms with Gasteiger partial charge in [0.2, 0.25) is 0 Å². The van der Waals surface area contributed by atoms with E-state index in [4.69, 9.17) is 10.4 Å². The van der Waals surface area contributed by atoms with Crippen molar-refractivity contribution in [2.75, 3.05) is 13.2 Å². The average molecular weight is 215 g/mol. The monoisotopic (exact) mass is 215 g/mol. The minimum atomic E-state index is -0.908. The first-order chi connectivity index (χ1) is 7.83. The number of hydrogen-bond donors (Lipinski definition) is 2. The maximum Gasteiger partial charge on any atom is 0.491 e. The van der Waals surface area contributed by atoms with Gasteiger partial charge in [-0.2, -0.15) is 0 Å². The molecule has 82 valence electrons. The second-order valence-electron chi connectivity index (χ2n) is 3.58. The van der Waals surface area contributed by atoms with Crippen molar-refractivity contribution in [2.24, 2.45) is 5.73 Å². The SMILES string of the molecule is NCCOB(O)c1cccc2ccccc12. The van der Waals surface area contributed by atoms with Gasteiger partial charge in [-0.3, -0.25) is 0 Å². The molecule has 0 aliphatic carbocycles. The summed E-state index contributed by atoms with van der Waals surface area (Å²) in [5.74, 6) is 0. The van der Waals surface area contributed by atoms with E-state index in [9.17, 15) is 5.02 Å². The molecule has 0 aromatic heterocycles. The van der Waals surface area contributed by atoms with Crippen LogP contribution in [-0.2, 0) is 4.65 Å². The Morgan fingerprint density at radius 1 is 1.12 bits per heavy atom. The first kappa shape index (κ1) is 11.1. The Kier molecular flexibility index (Phi) is 3.56. The lowest BCUT2D eigenvalue weighted by atomic mass is 9.76. The van der Waals surface area contributed by atoms with Gasteiger partial charge in [-0.15, -0.1) is 0 Å². The van der Waals surface area contributed by atoms with Gasteiger partial charge in [0.1, 0.15) is 0 Å². The van der Waals surface area contributed by atoms with E-state index in [0.29, 0.717) is 13.2 Å². The highest BCUT2D eigenvalue weighted by molar-refractivity contribution is 6.63. The Bertz CT molecular complexity index is 470. The first-order valence-electron chi connectivity index (χ1n) is 5.30. The molecule has 0 saturated carbocycles. The predicted molar refractivity (Wildman–Crippen MR) is 66.6 cm³/mol. The molecule has 2 rings (SSSR count). The van der Waals surface area contributed by atoms with E-state index in [-0.39, 0.29) is 0 Å². The van der Waals surface area contributed by atoms with E-state index in [0.717, 1.165) is 16.2 Å². The Morgan fingerprint density at radius 3 is 2.69 bits per heavy atom. The molecule has 0 aliphatic rings. The van der Waals surface area contributed by atoms with Crippen LogP contribution < -0.4 is 11.2 Å². The fourth-order valence-corrected chi connectivity index (χ4v) is 1.74. The second kappa shape index (κ2) is 5.12. The molecule has 3 N–H and O–H groups in total. The topological polar surface area (TPSA) is 55.5 Å². The highest BCUT2D eigenvalue weighted by atomic mass is 16.5. The highest BCUT2D eigenvalue weighted by Gasteiger charge is 2.18. The molecule has 0 amide bonds. The third-order valence-corrected chi connectivity index (χ3v) is 2.48. The van der Waals surface area contributed by atoms with E-state index in [1.54, 1.807) is 0 Å². The van der Waals surface area contributed by atoms with Gasteiger partial charge < -0.3 is 15.4 Å². The molecule has 0 spiro atoms. The molecule has 4 heteroatoms. The zero-order chi connectivity index (χ0) is 11.4. The van der Waals surface area contributed by atoms with Gasteiger partial charge in [-0.25, -0.2) is 0 Å². The van der Waals surface area contributed by atoms with Crippen molar-refractivity contribution in [1.29, 1.82) is 0 Å². The Hall–Kier alpha value is -1.36. The molecule has 2 aromatic carbocycles. The van der Waals surface area contributed by atoms with Crippen LogP contribution in [0.3, 0.4) is 0 Å². The molecular formula is C12H14BNO2. The molecular weight excluding hydrogens is 201 g/mol. The summed E-state index contributed by atoms with van der Waals surface area (Å²) in [5, 5.41) is 12.0. The molecule has 0 radical (unpaired) electrons. The number of fused-ring (bicyclic) bond motifs is 1. The molecule has 0 heterocycles. The second-order valence-corrected chi connectivity index (χ2v) is 3.58. The largest absolute Gasteiger partial charge is 0.491 e. The van der Waals surface area contributed by atoms with Crippen LogP contribution in [0.5, 0.6) is 0 Å². The predicted octanol–water partition coefficient (Wildman–Crippen LogP) is 0.503. The Morgan fingerprint density at radius 2 is 1.88 bits per heavy atom. The third kappa shape index (κ3) is 2.24. The summed E-state index contributed by atoms with van der Waals surface area (Å²) in [6.45, 7) is 0.756. The van der Waals surface area contributed by atoms with Crippen LogP contribution in [0.4, 0.5) is 0 Å².